The summed E-state index contributed by atoms with van der Waals surface area (Å²) in [6, 6.07) is 20.7. The number of aliphatic hydroxyl groups is 1. The first kappa shape index (κ1) is 19.8. The van der Waals surface area contributed by atoms with Crippen molar-refractivity contribution >= 4 is 16.7 Å². The molecule has 152 valence electrons. The van der Waals surface area contributed by atoms with Gasteiger partial charge in [-0.05, 0) is 42.3 Å². The van der Waals surface area contributed by atoms with Gasteiger partial charge in [-0.25, -0.2) is 14.4 Å². The summed E-state index contributed by atoms with van der Waals surface area (Å²) in [5.74, 6) is 0.600. The van der Waals surface area contributed by atoms with Gasteiger partial charge < -0.3 is 15.1 Å². The maximum absolute atomic E-state index is 13.9. The molecule has 2 N–H and O–H groups in total. The van der Waals surface area contributed by atoms with Gasteiger partial charge in [0.25, 0.3) is 0 Å². The highest BCUT2D eigenvalue weighted by molar-refractivity contribution is 5.91. The molecule has 0 saturated carbocycles. The molecule has 0 spiro atoms. The smallest absolute Gasteiger partial charge is 0.165 e. The lowest BCUT2D eigenvalue weighted by Gasteiger charge is -2.22. The van der Waals surface area contributed by atoms with Crippen molar-refractivity contribution in [2.45, 2.75) is 12.5 Å². The summed E-state index contributed by atoms with van der Waals surface area (Å²) in [6.45, 7) is 0.499. The lowest BCUT2D eigenvalue weighted by molar-refractivity contribution is 0.170. The molecular formula is C24H22FN3O2. The Kier molecular flexibility index (Phi) is 5.59. The Hall–Kier alpha value is -3.51. The van der Waals surface area contributed by atoms with Crippen LogP contribution in [0.4, 0.5) is 10.2 Å². The molecule has 3 aromatic carbocycles. The van der Waals surface area contributed by atoms with E-state index < -0.39 is 6.10 Å². The number of phenols is 1. The maximum Gasteiger partial charge on any atom is 0.165 e. The van der Waals surface area contributed by atoms with Crippen LogP contribution in [0.25, 0.3) is 22.3 Å². The number of benzene rings is 3. The number of aromatic nitrogens is 2. The number of anilines is 1. The van der Waals surface area contributed by atoms with Crippen molar-refractivity contribution in [1.82, 2.24) is 9.97 Å². The molecule has 5 nitrogen and oxygen atoms in total. The molecular weight excluding hydrogens is 381 g/mol. The minimum Gasteiger partial charge on any atom is -0.507 e. The van der Waals surface area contributed by atoms with Gasteiger partial charge in [0.2, 0.25) is 0 Å². The van der Waals surface area contributed by atoms with Crippen molar-refractivity contribution in [1.29, 1.82) is 0 Å². The molecule has 1 atom stereocenters. The van der Waals surface area contributed by atoms with Crippen molar-refractivity contribution in [2.75, 3.05) is 18.5 Å². The second-order valence-electron chi connectivity index (χ2n) is 7.19. The lowest BCUT2D eigenvalue weighted by atomic mass is 10.1. The third-order valence-electron chi connectivity index (χ3n) is 5.07. The zero-order valence-corrected chi connectivity index (χ0v) is 16.5. The molecule has 4 aromatic rings. The van der Waals surface area contributed by atoms with Gasteiger partial charge >= 0.3 is 0 Å². The third kappa shape index (κ3) is 4.09. The van der Waals surface area contributed by atoms with Gasteiger partial charge in [-0.2, -0.15) is 0 Å². The predicted molar refractivity (Wildman–Crippen MR) is 116 cm³/mol. The monoisotopic (exact) mass is 403 g/mol. The summed E-state index contributed by atoms with van der Waals surface area (Å²) >= 11 is 0. The molecule has 30 heavy (non-hydrogen) atoms. The third-order valence-corrected chi connectivity index (χ3v) is 5.07. The fourth-order valence-corrected chi connectivity index (χ4v) is 3.42. The number of hydrogen-bond donors (Lipinski definition) is 2. The summed E-state index contributed by atoms with van der Waals surface area (Å²) in [4.78, 5) is 11.0. The van der Waals surface area contributed by atoms with E-state index in [1.165, 1.54) is 12.1 Å². The second-order valence-corrected chi connectivity index (χ2v) is 7.19. The van der Waals surface area contributed by atoms with E-state index in [4.69, 9.17) is 0 Å². The zero-order valence-electron chi connectivity index (χ0n) is 16.5. The highest BCUT2D eigenvalue weighted by atomic mass is 19.1. The van der Waals surface area contributed by atoms with Crippen LogP contribution >= 0.6 is 0 Å². The molecule has 6 heteroatoms. The molecule has 0 fully saturated rings. The van der Waals surface area contributed by atoms with Gasteiger partial charge in [0.05, 0.1) is 17.2 Å². The highest BCUT2D eigenvalue weighted by Gasteiger charge is 2.17. The first-order valence-electron chi connectivity index (χ1n) is 9.73. The van der Waals surface area contributed by atoms with Crippen LogP contribution in [0.2, 0.25) is 0 Å². The van der Waals surface area contributed by atoms with E-state index in [0.717, 1.165) is 5.56 Å². The molecule has 1 aromatic heterocycles. The molecule has 0 bridgehead atoms. The Morgan fingerprint density at radius 2 is 1.70 bits per heavy atom. The number of hydrogen-bond acceptors (Lipinski definition) is 5. The Morgan fingerprint density at radius 3 is 2.47 bits per heavy atom. The van der Waals surface area contributed by atoms with Crippen molar-refractivity contribution in [3.05, 3.63) is 84.2 Å². The van der Waals surface area contributed by atoms with Gasteiger partial charge in [-0.15, -0.1) is 0 Å². The molecule has 0 aliphatic heterocycles. The van der Waals surface area contributed by atoms with E-state index in [1.54, 1.807) is 30.3 Å². The number of halogens is 1. The number of aliphatic hydroxyl groups excluding tert-OH is 1. The van der Waals surface area contributed by atoms with Gasteiger partial charge in [-0.3, -0.25) is 0 Å². The van der Waals surface area contributed by atoms with Gasteiger partial charge in [0, 0.05) is 19.0 Å². The Balaban J connectivity index is 1.69. The standard InChI is InChI=1S/C24H22FN3O2/c1-28(14-13-21(29)16-7-3-2-4-8-16)24-19-15-17(25)11-12-20(19)26-23(27-24)18-9-5-6-10-22(18)30/h2-12,15,21,29-30H,13-14H2,1H3. The van der Waals surface area contributed by atoms with Crippen LogP contribution in [-0.2, 0) is 0 Å². The number of para-hydroxylation sites is 1. The normalized spacial score (nSPS) is 12.1. The summed E-state index contributed by atoms with van der Waals surface area (Å²) in [5.41, 5.74) is 1.93. The average molecular weight is 403 g/mol. The van der Waals surface area contributed by atoms with Crippen molar-refractivity contribution in [2.24, 2.45) is 0 Å². The zero-order chi connectivity index (χ0) is 21.1. The van der Waals surface area contributed by atoms with Crippen molar-refractivity contribution < 1.29 is 14.6 Å². The number of nitrogens with zero attached hydrogens (tertiary/aromatic N) is 3. The predicted octanol–water partition coefficient (Wildman–Crippen LogP) is 4.70. The van der Waals surface area contributed by atoms with E-state index in [-0.39, 0.29) is 11.6 Å². The van der Waals surface area contributed by atoms with Gasteiger partial charge in [0.1, 0.15) is 17.4 Å². The summed E-state index contributed by atoms with van der Waals surface area (Å²) in [7, 11) is 1.85. The van der Waals surface area contributed by atoms with Crippen LogP contribution in [0.3, 0.4) is 0 Å². The van der Waals surface area contributed by atoms with Crippen molar-refractivity contribution in [3.8, 4) is 17.1 Å². The van der Waals surface area contributed by atoms with E-state index in [1.807, 2.05) is 42.3 Å². The molecule has 4 rings (SSSR count). The Bertz CT molecular complexity index is 1170. The average Bonchev–Trinajstić information content (AvgIpc) is 2.77. The molecule has 0 aliphatic carbocycles. The molecule has 0 amide bonds. The largest absolute Gasteiger partial charge is 0.507 e. The molecule has 0 saturated heterocycles. The SMILES string of the molecule is CN(CCC(O)c1ccccc1)c1nc(-c2ccccc2O)nc2ccc(F)cc12. The molecule has 0 radical (unpaired) electrons. The van der Waals surface area contributed by atoms with Gasteiger partial charge in [0.15, 0.2) is 5.82 Å². The Labute approximate surface area is 174 Å². The van der Waals surface area contributed by atoms with Crippen LogP contribution in [0.1, 0.15) is 18.1 Å². The topological polar surface area (TPSA) is 69.5 Å². The van der Waals surface area contributed by atoms with Crippen molar-refractivity contribution in [3.63, 3.8) is 0 Å². The number of fused-ring (bicyclic) bond motifs is 1. The first-order valence-corrected chi connectivity index (χ1v) is 9.73. The number of phenolic OH excluding ortho intramolecular Hbond substituents is 1. The molecule has 0 aliphatic rings. The fraction of sp³-hybridized carbons (Fsp3) is 0.167. The quantitative estimate of drug-likeness (QED) is 0.488. The second kappa shape index (κ2) is 8.47. The van der Waals surface area contributed by atoms with Crippen LogP contribution in [0, 0.1) is 5.82 Å². The minimum atomic E-state index is -0.615. The van der Waals surface area contributed by atoms with Crippen LogP contribution in [0.5, 0.6) is 5.75 Å². The molecule has 1 unspecified atom stereocenters. The summed E-state index contributed by atoms with van der Waals surface area (Å²) < 4.78 is 13.9. The summed E-state index contributed by atoms with van der Waals surface area (Å²) in [5, 5.41) is 21.3. The van der Waals surface area contributed by atoms with E-state index in [9.17, 15) is 14.6 Å². The maximum atomic E-state index is 13.9. The van der Waals surface area contributed by atoms with E-state index >= 15 is 0 Å². The fourth-order valence-electron chi connectivity index (χ4n) is 3.42. The number of rotatable bonds is 6. The Morgan fingerprint density at radius 1 is 0.967 bits per heavy atom. The minimum absolute atomic E-state index is 0.0760. The van der Waals surface area contributed by atoms with Crippen LogP contribution < -0.4 is 4.90 Å². The van der Waals surface area contributed by atoms with Crippen LogP contribution in [-0.4, -0.2) is 33.8 Å². The number of aromatic hydroxyl groups is 1. The summed E-state index contributed by atoms with van der Waals surface area (Å²) in [6.07, 6.45) is -0.135. The first-order chi connectivity index (χ1) is 14.5. The highest BCUT2D eigenvalue weighted by Crippen LogP contribution is 2.32. The van der Waals surface area contributed by atoms with E-state index in [2.05, 4.69) is 9.97 Å². The van der Waals surface area contributed by atoms with E-state index in [0.29, 0.717) is 41.1 Å². The molecule has 1 heterocycles. The lowest BCUT2D eigenvalue weighted by Crippen LogP contribution is -2.22. The van der Waals surface area contributed by atoms with Crippen LogP contribution in [0.15, 0.2) is 72.8 Å². The van der Waals surface area contributed by atoms with Gasteiger partial charge in [-0.1, -0.05) is 42.5 Å².